The van der Waals surface area contributed by atoms with Crippen LogP contribution >= 0.6 is 0 Å². The van der Waals surface area contributed by atoms with Crippen molar-refractivity contribution in [3.05, 3.63) is 71.7 Å². The Labute approximate surface area is 101 Å². The average Bonchev–Trinajstić information content (AvgIpc) is 2.73. The summed E-state index contributed by atoms with van der Waals surface area (Å²) < 4.78 is 2.15. The molecule has 0 aliphatic carbocycles. The van der Waals surface area contributed by atoms with Gasteiger partial charge in [0.1, 0.15) is 5.65 Å². The van der Waals surface area contributed by atoms with Crippen LogP contribution in [0, 0.1) is 6.92 Å². The highest BCUT2D eigenvalue weighted by Gasteiger charge is 2.03. The van der Waals surface area contributed by atoms with Gasteiger partial charge in [0.05, 0.1) is 0 Å². The van der Waals surface area contributed by atoms with Gasteiger partial charge in [-0.2, -0.15) is 0 Å². The molecule has 0 saturated heterocycles. The van der Waals surface area contributed by atoms with Crippen LogP contribution in [0.1, 0.15) is 16.8 Å². The molecule has 0 atom stereocenters. The predicted octanol–water partition coefficient (Wildman–Crippen LogP) is 3.23. The SMILES string of the molecule is Cc1ccn2c(Cc3ccccc3)cnc2c1. The number of hydrogen-bond donors (Lipinski definition) is 0. The Hall–Kier alpha value is -2.09. The molecule has 17 heavy (non-hydrogen) atoms. The first-order valence-corrected chi connectivity index (χ1v) is 5.79. The van der Waals surface area contributed by atoms with Crippen LogP contribution in [0.25, 0.3) is 5.65 Å². The molecule has 0 bridgehead atoms. The lowest BCUT2D eigenvalue weighted by atomic mass is 10.1. The van der Waals surface area contributed by atoms with Gasteiger partial charge >= 0.3 is 0 Å². The number of benzene rings is 1. The van der Waals surface area contributed by atoms with Crippen LogP contribution < -0.4 is 0 Å². The molecule has 3 aromatic rings. The molecule has 0 aliphatic rings. The lowest BCUT2D eigenvalue weighted by Crippen LogP contribution is -1.94. The molecule has 1 aromatic carbocycles. The van der Waals surface area contributed by atoms with Crippen molar-refractivity contribution in [1.82, 2.24) is 9.38 Å². The van der Waals surface area contributed by atoms with E-state index in [1.807, 2.05) is 12.3 Å². The fraction of sp³-hybridized carbons (Fsp3) is 0.133. The molecule has 3 rings (SSSR count). The van der Waals surface area contributed by atoms with E-state index in [1.165, 1.54) is 16.8 Å². The van der Waals surface area contributed by atoms with E-state index in [4.69, 9.17) is 0 Å². The van der Waals surface area contributed by atoms with E-state index in [2.05, 4.69) is 58.9 Å². The number of rotatable bonds is 2. The van der Waals surface area contributed by atoms with Crippen molar-refractivity contribution in [3.63, 3.8) is 0 Å². The monoisotopic (exact) mass is 222 g/mol. The van der Waals surface area contributed by atoms with Crippen molar-refractivity contribution in [1.29, 1.82) is 0 Å². The molecule has 2 aromatic heterocycles. The summed E-state index contributed by atoms with van der Waals surface area (Å²) >= 11 is 0. The minimum atomic E-state index is 0.922. The summed E-state index contributed by atoms with van der Waals surface area (Å²) in [5.74, 6) is 0. The van der Waals surface area contributed by atoms with Gasteiger partial charge in [0.15, 0.2) is 0 Å². The lowest BCUT2D eigenvalue weighted by molar-refractivity contribution is 1.02. The summed E-state index contributed by atoms with van der Waals surface area (Å²) in [6, 6.07) is 14.7. The third-order valence-electron chi connectivity index (χ3n) is 2.97. The summed E-state index contributed by atoms with van der Waals surface area (Å²) in [7, 11) is 0. The highest BCUT2D eigenvalue weighted by molar-refractivity contribution is 5.43. The van der Waals surface area contributed by atoms with Crippen molar-refractivity contribution in [3.8, 4) is 0 Å². The molecule has 0 aliphatic heterocycles. The molecular weight excluding hydrogens is 208 g/mol. The van der Waals surface area contributed by atoms with Crippen LogP contribution in [-0.4, -0.2) is 9.38 Å². The zero-order valence-corrected chi connectivity index (χ0v) is 9.80. The number of hydrogen-bond acceptors (Lipinski definition) is 1. The number of pyridine rings is 1. The second-order valence-corrected chi connectivity index (χ2v) is 4.34. The second-order valence-electron chi connectivity index (χ2n) is 4.34. The highest BCUT2D eigenvalue weighted by atomic mass is 15.0. The second kappa shape index (κ2) is 4.06. The first-order chi connectivity index (χ1) is 8.33. The van der Waals surface area contributed by atoms with Gasteiger partial charge in [-0.1, -0.05) is 30.3 Å². The van der Waals surface area contributed by atoms with Crippen molar-refractivity contribution in [2.75, 3.05) is 0 Å². The Bertz CT molecular complexity index is 638. The van der Waals surface area contributed by atoms with Gasteiger partial charge in [-0.05, 0) is 30.2 Å². The van der Waals surface area contributed by atoms with Crippen LogP contribution in [0.15, 0.2) is 54.9 Å². The molecule has 0 radical (unpaired) electrons. The molecule has 0 fully saturated rings. The van der Waals surface area contributed by atoms with Crippen LogP contribution in [-0.2, 0) is 6.42 Å². The fourth-order valence-electron chi connectivity index (χ4n) is 2.07. The van der Waals surface area contributed by atoms with Crippen molar-refractivity contribution in [2.45, 2.75) is 13.3 Å². The first-order valence-electron chi connectivity index (χ1n) is 5.79. The summed E-state index contributed by atoms with van der Waals surface area (Å²) in [4.78, 5) is 4.44. The minimum absolute atomic E-state index is 0.922. The fourth-order valence-corrected chi connectivity index (χ4v) is 2.07. The summed E-state index contributed by atoms with van der Waals surface area (Å²) in [6.07, 6.45) is 4.97. The molecule has 0 N–H and O–H groups in total. The maximum Gasteiger partial charge on any atom is 0.137 e. The molecule has 84 valence electrons. The normalized spacial score (nSPS) is 10.9. The largest absolute Gasteiger partial charge is 0.304 e. The Morgan fingerprint density at radius 2 is 1.94 bits per heavy atom. The van der Waals surface area contributed by atoms with Gasteiger partial charge in [0.2, 0.25) is 0 Å². The topological polar surface area (TPSA) is 17.3 Å². The molecule has 0 spiro atoms. The van der Waals surface area contributed by atoms with E-state index in [0.717, 1.165) is 12.1 Å². The van der Waals surface area contributed by atoms with Crippen LogP contribution in [0.3, 0.4) is 0 Å². The van der Waals surface area contributed by atoms with Crippen LogP contribution in [0.5, 0.6) is 0 Å². The van der Waals surface area contributed by atoms with E-state index < -0.39 is 0 Å². The lowest BCUT2D eigenvalue weighted by Gasteiger charge is -2.02. The highest BCUT2D eigenvalue weighted by Crippen LogP contribution is 2.13. The zero-order valence-electron chi connectivity index (χ0n) is 9.80. The average molecular weight is 222 g/mol. The third-order valence-corrected chi connectivity index (χ3v) is 2.97. The summed E-state index contributed by atoms with van der Waals surface area (Å²) in [6.45, 7) is 2.09. The van der Waals surface area contributed by atoms with E-state index in [1.54, 1.807) is 0 Å². The van der Waals surface area contributed by atoms with E-state index in [9.17, 15) is 0 Å². The summed E-state index contributed by atoms with van der Waals surface area (Å²) in [5, 5.41) is 0. The number of aromatic nitrogens is 2. The quantitative estimate of drug-likeness (QED) is 0.650. The molecule has 2 heterocycles. The number of nitrogens with zero attached hydrogens (tertiary/aromatic N) is 2. The number of imidazole rings is 1. The Kier molecular flexibility index (Phi) is 2.41. The van der Waals surface area contributed by atoms with Gasteiger partial charge < -0.3 is 4.40 Å². The van der Waals surface area contributed by atoms with Crippen LogP contribution in [0.4, 0.5) is 0 Å². The first kappa shape index (κ1) is 10.1. The Morgan fingerprint density at radius 3 is 2.76 bits per heavy atom. The molecule has 2 heteroatoms. The van der Waals surface area contributed by atoms with Gasteiger partial charge in [-0.25, -0.2) is 4.98 Å². The standard InChI is InChI=1S/C15H14N2/c1-12-7-8-17-14(11-16-15(17)9-12)10-13-5-3-2-4-6-13/h2-9,11H,10H2,1H3. The maximum absolute atomic E-state index is 4.44. The minimum Gasteiger partial charge on any atom is -0.304 e. The predicted molar refractivity (Wildman–Crippen MR) is 69.2 cm³/mol. The maximum atomic E-state index is 4.44. The van der Waals surface area contributed by atoms with Gasteiger partial charge in [-0.3, -0.25) is 0 Å². The number of fused-ring (bicyclic) bond motifs is 1. The third kappa shape index (κ3) is 1.94. The van der Waals surface area contributed by atoms with E-state index in [-0.39, 0.29) is 0 Å². The van der Waals surface area contributed by atoms with Crippen molar-refractivity contribution in [2.24, 2.45) is 0 Å². The van der Waals surface area contributed by atoms with Crippen LogP contribution in [0.2, 0.25) is 0 Å². The van der Waals surface area contributed by atoms with Gasteiger partial charge in [0, 0.05) is 24.5 Å². The van der Waals surface area contributed by atoms with Gasteiger partial charge in [-0.15, -0.1) is 0 Å². The van der Waals surface area contributed by atoms with E-state index >= 15 is 0 Å². The van der Waals surface area contributed by atoms with E-state index in [0.29, 0.717) is 0 Å². The number of aryl methyl sites for hydroxylation is 1. The smallest absolute Gasteiger partial charge is 0.137 e. The van der Waals surface area contributed by atoms with Crippen molar-refractivity contribution >= 4 is 5.65 Å². The zero-order chi connectivity index (χ0) is 11.7. The molecule has 0 amide bonds. The molecular formula is C15H14N2. The molecule has 2 nitrogen and oxygen atoms in total. The van der Waals surface area contributed by atoms with Gasteiger partial charge in [0.25, 0.3) is 0 Å². The Morgan fingerprint density at radius 1 is 1.12 bits per heavy atom. The Balaban J connectivity index is 2.01. The molecule has 0 saturated carbocycles. The van der Waals surface area contributed by atoms with Crippen molar-refractivity contribution < 1.29 is 0 Å². The molecule has 0 unspecified atom stereocenters. The summed E-state index contributed by atoms with van der Waals surface area (Å²) in [5.41, 5.74) is 4.81.